The maximum atomic E-state index is 11.8. The van der Waals surface area contributed by atoms with Crippen LogP contribution in [0.3, 0.4) is 0 Å². The molecule has 88 valence electrons. The summed E-state index contributed by atoms with van der Waals surface area (Å²) < 4.78 is 5.27. The van der Waals surface area contributed by atoms with Gasteiger partial charge in [0.2, 0.25) is 0 Å². The molecule has 1 fully saturated rings. The Labute approximate surface area is 101 Å². The average molecular weight is 248 g/mol. The third-order valence-corrected chi connectivity index (χ3v) is 5.74. The van der Waals surface area contributed by atoms with Crippen molar-refractivity contribution >= 4 is 29.3 Å². The highest BCUT2D eigenvalue weighted by atomic mass is 32.2. The van der Waals surface area contributed by atoms with E-state index in [1.165, 1.54) is 6.42 Å². The van der Waals surface area contributed by atoms with Crippen LogP contribution in [0.5, 0.6) is 0 Å². The van der Waals surface area contributed by atoms with Crippen LogP contribution in [0.2, 0.25) is 0 Å². The molecule has 0 atom stereocenters. The Kier molecular flexibility index (Phi) is 5.50. The Morgan fingerprint density at radius 2 is 2.00 bits per heavy atom. The Bertz CT molecular complexity index is 205. The van der Waals surface area contributed by atoms with E-state index in [0.717, 1.165) is 11.5 Å². The first-order chi connectivity index (χ1) is 7.09. The summed E-state index contributed by atoms with van der Waals surface area (Å²) in [5.74, 6) is 2.81. The van der Waals surface area contributed by atoms with Crippen LogP contribution in [0.15, 0.2) is 0 Å². The molecule has 0 amide bonds. The molecule has 2 nitrogen and oxygen atoms in total. The molecule has 0 bridgehead atoms. The fraction of sp³-hybridized carbons (Fsp3) is 0.909. The molecule has 1 heterocycles. The highest BCUT2D eigenvalue weighted by molar-refractivity contribution is 8.18. The predicted molar refractivity (Wildman–Crippen MR) is 68.6 cm³/mol. The van der Waals surface area contributed by atoms with Gasteiger partial charge in [0.1, 0.15) is 5.78 Å². The van der Waals surface area contributed by atoms with Crippen LogP contribution in [-0.2, 0) is 9.53 Å². The summed E-state index contributed by atoms with van der Waals surface area (Å²) in [6.45, 7) is 4.63. The zero-order valence-electron chi connectivity index (χ0n) is 9.75. The Balaban J connectivity index is 2.59. The molecule has 4 heteroatoms. The second kappa shape index (κ2) is 6.16. The van der Waals surface area contributed by atoms with E-state index in [1.807, 2.05) is 37.4 Å². The SMILES string of the molecule is COCC1(CC(=O)C(C)C)SCCCS1. The number of rotatable bonds is 5. The lowest BCUT2D eigenvalue weighted by Crippen LogP contribution is -2.34. The normalized spacial score (nSPS) is 20.5. The number of ether oxygens (including phenoxy) is 1. The van der Waals surface area contributed by atoms with E-state index in [0.29, 0.717) is 18.8 Å². The molecule has 0 spiro atoms. The van der Waals surface area contributed by atoms with Crippen molar-refractivity contribution in [2.24, 2.45) is 5.92 Å². The van der Waals surface area contributed by atoms with Crippen molar-refractivity contribution in [1.82, 2.24) is 0 Å². The first-order valence-corrected chi connectivity index (χ1v) is 7.36. The smallest absolute Gasteiger partial charge is 0.137 e. The maximum Gasteiger partial charge on any atom is 0.137 e. The molecule has 15 heavy (non-hydrogen) atoms. The van der Waals surface area contributed by atoms with Crippen LogP contribution in [-0.4, -0.2) is 35.1 Å². The van der Waals surface area contributed by atoms with Gasteiger partial charge in [0.15, 0.2) is 0 Å². The van der Waals surface area contributed by atoms with Crippen molar-refractivity contribution in [3.05, 3.63) is 0 Å². The van der Waals surface area contributed by atoms with E-state index < -0.39 is 0 Å². The van der Waals surface area contributed by atoms with E-state index in [9.17, 15) is 4.79 Å². The lowest BCUT2D eigenvalue weighted by molar-refractivity contribution is -0.122. The van der Waals surface area contributed by atoms with E-state index in [4.69, 9.17) is 4.74 Å². The van der Waals surface area contributed by atoms with Crippen molar-refractivity contribution in [3.8, 4) is 0 Å². The topological polar surface area (TPSA) is 26.3 Å². The molecule has 0 radical (unpaired) electrons. The number of carbonyl (C=O) groups is 1. The van der Waals surface area contributed by atoms with E-state index in [-0.39, 0.29) is 10.00 Å². The quantitative estimate of drug-likeness (QED) is 0.747. The highest BCUT2D eigenvalue weighted by Gasteiger charge is 2.36. The van der Waals surface area contributed by atoms with Crippen molar-refractivity contribution in [2.45, 2.75) is 30.8 Å². The van der Waals surface area contributed by atoms with Gasteiger partial charge in [0.05, 0.1) is 10.7 Å². The summed E-state index contributed by atoms with van der Waals surface area (Å²) in [5, 5.41) is 0. The van der Waals surface area contributed by atoms with Crippen LogP contribution in [0.1, 0.15) is 26.7 Å². The van der Waals surface area contributed by atoms with Crippen LogP contribution < -0.4 is 0 Å². The van der Waals surface area contributed by atoms with Crippen LogP contribution in [0.4, 0.5) is 0 Å². The fourth-order valence-corrected chi connectivity index (χ4v) is 4.77. The van der Waals surface area contributed by atoms with Crippen molar-refractivity contribution < 1.29 is 9.53 Å². The monoisotopic (exact) mass is 248 g/mol. The van der Waals surface area contributed by atoms with Gasteiger partial charge in [-0.1, -0.05) is 13.8 Å². The van der Waals surface area contributed by atoms with Gasteiger partial charge in [-0.25, -0.2) is 0 Å². The molecule has 0 saturated carbocycles. The van der Waals surface area contributed by atoms with Gasteiger partial charge in [-0.3, -0.25) is 4.79 Å². The minimum absolute atomic E-state index is 0.00560. The summed E-state index contributed by atoms with van der Waals surface area (Å²) in [7, 11) is 1.72. The molecule has 0 aromatic rings. The second-order valence-electron chi connectivity index (χ2n) is 4.19. The zero-order chi connectivity index (χ0) is 11.3. The second-order valence-corrected chi connectivity index (χ2v) is 7.41. The number of thioether (sulfide) groups is 2. The van der Waals surface area contributed by atoms with Crippen molar-refractivity contribution in [3.63, 3.8) is 0 Å². The van der Waals surface area contributed by atoms with Gasteiger partial charge in [0, 0.05) is 19.4 Å². The zero-order valence-corrected chi connectivity index (χ0v) is 11.4. The number of Topliss-reactive ketones (excluding diaryl/α,β-unsaturated/α-hetero) is 1. The summed E-state index contributed by atoms with van der Waals surface area (Å²) in [4.78, 5) is 11.8. The number of ketones is 1. The molecule has 0 aliphatic carbocycles. The van der Waals surface area contributed by atoms with Crippen LogP contribution >= 0.6 is 23.5 Å². The van der Waals surface area contributed by atoms with Gasteiger partial charge in [-0.15, -0.1) is 23.5 Å². The molecule has 1 aliphatic rings. The van der Waals surface area contributed by atoms with Gasteiger partial charge < -0.3 is 4.74 Å². The fourth-order valence-electron chi connectivity index (χ4n) is 1.54. The predicted octanol–water partition coefficient (Wildman–Crippen LogP) is 2.81. The molecular formula is C11H20O2S2. The van der Waals surface area contributed by atoms with E-state index in [1.54, 1.807) is 7.11 Å². The van der Waals surface area contributed by atoms with E-state index >= 15 is 0 Å². The highest BCUT2D eigenvalue weighted by Crippen LogP contribution is 2.45. The van der Waals surface area contributed by atoms with Crippen LogP contribution in [0.25, 0.3) is 0 Å². The molecule has 1 aliphatic heterocycles. The molecule has 1 rings (SSSR count). The molecule has 0 unspecified atom stereocenters. The van der Waals surface area contributed by atoms with Gasteiger partial charge in [-0.2, -0.15) is 0 Å². The first kappa shape index (κ1) is 13.4. The standard InChI is InChI=1S/C11H20O2S2/c1-9(2)10(12)7-11(8-13-3)14-5-4-6-15-11/h9H,4-8H2,1-3H3. The lowest BCUT2D eigenvalue weighted by atomic mass is 10.0. The molecule has 0 aromatic carbocycles. The molecule has 0 aromatic heterocycles. The van der Waals surface area contributed by atoms with Gasteiger partial charge >= 0.3 is 0 Å². The minimum atomic E-state index is -0.00560. The Morgan fingerprint density at radius 1 is 1.40 bits per heavy atom. The van der Waals surface area contributed by atoms with Crippen molar-refractivity contribution in [2.75, 3.05) is 25.2 Å². The van der Waals surface area contributed by atoms with Gasteiger partial charge in [0.25, 0.3) is 0 Å². The molecule has 1 saturated heterocycles. The number of carbonyl (C=O) groups excluding carboxylic acids is 1. The largest absolute Gasteiger partial charge is 0.382 e. The summed E-state index contributed by atoms with van der Waals surface area (Å²) in [5.41, 5.74) is 0. The Morgan fingerprint density at radius 3 is 2.47 bits per heavy atom. The number of hydrogen-bond donors (Lipinski definition) is 0. The molecule has 0 N–H and O–H groups in total. The first-order valence-electron chi connectivity index (χ1n) is 5.39. The van der Waals surface area contributed by atoms with Crippen LogP contribution in [0, 0.1) is 5.92 Å². The Hall–Kier alpha value is 0.330. The summed E-state index contributed by atoms with van der Waals surface area (Å²) >= 11 is 3.80. The molecular weight excluding hydrogens is 228 g/mol. The van der Waals surface area contributed by atoms with Crippen molar-refractivity contribution in [1.29, 1.82) is 0 Å². The lowest BCUT2D eigenvalue weighted by Gasteiger charge is -2.35. The third-order valence-electron chi connectivity index (χ3n) is 2.47. The maximum absolute atomic E-state index is 11.8. The summed E-state index contributed by atoms with van der Waals surface area (Å²) in [6, 6.07) is 0. The summed E-state index contributed by atoms with van der Waals surface area (Å²) in [6.07, 6.45) is 1.89. The third kappa shape index (κ3) is 4.00. The number of methoxy groups -OCH3 is 1. The van der Waals surface area contributed by atoms with E-state index in [2.05, 4.69) is 0 Å². The minimum Gasteiger partial charge on any atom is -0.382 e. The average Bonchev–Trinajstić information content (AvgIpc) is 2.19. The van der Waals surface area contributed by atoms with Gasteiger partial charge in [-0.05, 0) is 17.9 Å². The number of hydrogen-bond acceptors (Lipinski definition) is 4.